The molecule has 0 bridgehead atoms. The number of aliphatic carboxylic acids is 1. The van der Waals surface area contributed by atoms with Gasteiger partial charge in [0.25, 0.3) is 5.91 Å². The Hall–Kier alpha value is -1.98. The Morgan fingerprint density at radius 1 is 1.30 bits per heavy atom. The lowest BCUT2D eigenvalue weighted by molar-refractivity contribution is -0.142. The van der Waals surface area contributed by atoms with E-state index in [0.29, 0.717) is 6.42 Å². The maximum Gasteiger partial charge on any atom is 0.308 e. The van der Waals surface area contributed by atoms with Gasteiger partial charge in [0.05, 0.1) is 17.8 Å². The summed E-state index contributed by atoms with van der Waals surface area (Å²) in [6.07, 6.45) is 3.37. The van der Waals surface area contributed by atoms with Crippen molar-refractivity contribution < 1.29 is 14.7 Å². The smallest absolute Gasteiger partial charge is 0.308 e. The molecule has 2 N–H and O–H groups in total. The summed E-state index contributed by atoms with van der Waals surface area (Å²) in [6, 6.07) is 0. The Balaban J connectivity index is 2.61. The average molecular weight is 279 g/mol. The lowest BCUT2D eigenvalue weighted by Gasteiger charge is -2.23. The number of hydrogen-bond acceptors (Lipinski definition) is 4. The first-order valence-electron chi connectivity index (χ1n) is 6.49. The van der Waals surface area contributed by atoms with Crippen LogP contribution in [-0.4, -0.2) is 33.5 Å². The molecule has 1 amide bonds. The number of carbonyl (C=O) groups excluding carboxylic acids is 1. The zero-order chi connectivity index (χ0) is 15.3. The zero-order valence-electron chi connectivity index (χ0n) is 12.3. The number of amides is 1. The summed E-state index contributed by atoms with van der Waals surface area (Å²) in [5, 5.41) is 11.8. The topological polar surface area (TPSA) is 92.2 Å². The first kappa shape index (κ1) is 16.1. The lowest BCUT2D eigenvalue weighted by Crippen LogP contribution is -2.35. The minimum absolute atomic E-state index is 0.0843. The van der Waals surface area contributed by atoms with Crippen molar-refractivity contribution in [3.63, 3.8) is 0 Å². The molecule has 20 heavy (non-hydrogen) atoms. The van der Waals surface area contributed by atoms with Crippen molar-refractivity contribution in [3.05, 3.63) is 23.8 Å². The van der Waals surface area contributed by atoms with Gasteiger partial charge in [-0.3, -0.25) is 14.6 Å². The van der Waals surface area contributed by atoms with Crippen molar-refractivity contribution in [1.82, 2.24) is 15.3 Å². The number of aromatic nitrogens is 2. The van der Waals surface area contributed by atoms with Crippen LogP contribution >= 0.6 is 0 Å². The minimum Gasteiger partial charge on any atom is -0.481 e. The predicted octanol–water partition coefficient (Wildman–Crippen LogP) is 1.65. The molecule has 0 spiro atoms. The van der Waals surface area contributed by atoms with E-state index in [1.807, 2.05) is 20.8 Å². The van der Waals surface area contributed by atoms with Crippen LogP contribution in [0.15, 0.2) is 12.4 Å². The van der Waals surface area contributed by atoms with Gasteiger partial charge in [0.15, 0.2) is 0 Å². The summed E-state index contributed by atoms with van der Waals surface area (Å²) < 4.78 is 0. The number of aryl methyl sites for hydroxylation is 1. The van der Waals surface area contributed by atoms with Crippen molar-refractivity contribution in [3.8, 4) is 0 Å². The van der Waals surface area contributed by atoms with Gasteiger partial charge in [-0.15, -0.1) is 0 Å². The van der Waals surface area contributed by atoms with Gasteiger partial charge in [0.2, 0.25) is 0 Å². The predicted molar refractivity (Wildman–Crippen MR) is 74.3 cm³/mol. The molecular weight excluding hydrogens is 258 g/mol. The van der Waals surface area contributed by atoms with Crippen LogP contribution in [0.2, 0.25) is 0 Å². The molecule has 0 aliphatic heterocycles. The molecule has 1 rings (SSSR count). The van der Waals surface area contributed by atoms with Crippen LogP contribution < -0.4 is 5.32 Å². The fourth-order valence-electron chi connectivity index (χ4n) is 1.80. The molecule has 0 aromatic carbocycles. The second kappa shape index (κ2) is 6.45. The van der Waals surface area contributed by atoms with Crippen LogP contribution in [-0.2, 0) is 4.79 Å². The third kappa shape index (κ3) is 5.34. The Morgan fingerprint density at radius 2 is 1.95 bits per heavy atom. The molecule has 1 heterocycles. The van der Waals surface area contributed by atoms with Crippen molar-refractivity contribution >= 4 is 11.9 Å². The van der Waals surface area contributed by atoms with E-state index >= 15 is 0 Å². The van der Waals surface area contributed by atoms with Crippen LogP contribution in [0, 0.1) is 18.3 Å². The van der Waals surface area contributed by atoms with Crippen LogP contribution in [0.25, 0.3) is 0 Å². The number of hydrogen-bond donors (Lipinski definition) is 2. The summed E-state index contributed by atoms with van der Waals surface area (Å²) >= 11 is 0. The molecule has 110 valence electrons. The monoisotopic (exact) mass is 279 g/mol. The first-order valence-corrected chi connectivity index (χ1v) is 6.49. The highest BCUT2D eigenvalue weighted by atomic mass is 16.4. The summed E-state index contributed by atoms with van der Waals surface area (Å²) in [4.78, 5) is 31.0. The quantitative estimate of drug-likeness (QED) is 0.855. The zero-order valence-corrected chi connectivity index (χ0v) is 12.3. The van der Waals surface area contributed by atoms with Gasteiger partial charge in [-0.25, -0.2) is 4.98 Å². The van der Waals surface area contributed by atoms with Gasteiger partial charge < -0.3 is 10.4 Å². The van der Waals surface area contributed by atoms with E-state index < -0.39 is 17.8 Å². The minimum atomic E-state index is -0.907. The largest absolute Gasteiger partial charge is 0.481 e. The molecule has 0 radical (unpaired) electrons. The fraction of sp³-hybridized carbons (Fsp3) is 0.571. The van der Waals surface area contributed by atoms with Gasteiger partial charge in [-0.05, 0) is 18.8 Å². The molecule has 0 saturated carbocycles. The number of carboxylic acid groups (broad SMARTS) is 1. The molecule has 0 fully saturated rings. The van der Waals surface area contributed by atoms with Crippen molar-refractivity contribution in [1.29, 1.82) is 0 Å². The summed E-state index contributed by atoms with van der Waals surface area (Å²) in [6.45, 7) is 7.77. The molecule has 1 atom stereocenters. The van der Waals surface area contributed by atoms with Gasteiger partial charge in [-0.1, -0.05) is 20.8 Å². The van der Waals surface area contributed by atoms with E-state index in [9.17, 15) is 14.7 Å². The summed E-state index contributed by atoms with van der Waals surface area (Å²) in [5.41, 5.74) is 0.797. The maximum atomic E-state index is 11.8. The number of nitrogens with zero attached hydrogens (tertiary/aromatic N) is 2. The fourth-order valence-corrected chi connectivity index (χ4v) is 1.80. The molecule has 1 aromatic heterocycles. The number of nitrogens with one attached hydrogen (secondary N) is 1. The Labute approximate surface area is 118 Å². The van der Waals surface area contributed by atoms with Gasteiger partial charge in [0.1, 0.15) is 5.69 Å². The molecule has 6 nitrogen and oxygen atoms in total. The molecule has 0 aliphatic rings. The highest BCUT2D eigenvalue weighted by molar-refractivity contribution is 5.92. The summed E-state index contributed by atoms with van der Waals surface area (Å²) in [7, 11) is 0. The van der Waals surface area contributed by atoms with E-state index in [-0.39, 0.29) is 17.7 Å². The third-order valence-electron chi connectivity index (χ3n) is 2.73. The van der Waals surface area contributed by atoms with Crippen molar-refractivity contribution in [2.24, 2.45) is 11.3 Å². The van der Waals surface area contributed by atoms with E-state index in [0.717, 1.165) is 5.69 Å². The van der Waals surface area contributed by atoms with E-state index in [2.05, 4.69) is 15.3 Å². The standard InChI is InChI=1S/C14H21N3O3/c1-9-6-16-11(8-15-9)12(18)17-7-10(13(19)20)5-14(2,3)4/h6,8,10H,5,7H2,1-4H3,(H,17,18)(H,19,20). The van der Waals surface area contributed by atoms with Crippen molar-refractivity contribution in [2.75, 3.05) is 6.54 Å². The SMILES string of the molecule is Cc1cnc(C(=O)NCC(CC(C)(C)C)C(=O)O)cn1. The number of carbonyl (C=O) groups is 2. The number of carboxylic acids is 1. The van der Waals surface area contributed by atoms with E-state index in [4.69, 9.17) is 0 Å². The first-order chi connectivity index (χ1) is 9.19. The molecule has 0 aliphatic carbocycles. The molecule has 1 unspecified atom stereocenters. The highest BCUT2D eigenvalue weighted by Gasteiger charge is 2.25. The average Bonchev–Trinajstić information content (AvgIpc) is 2.33. The van der Waals surface area contributed by atoms with E-state index in [1.54, 1.807) is 6.92 Å². The van der Waals surface area contributed by atoms with Crippen LogP contribution in [0.4, 0.5) is 0 Å². The lowest BCUT2D eigenvalue weighted by atomic mass is 9.84. The van der Waals surface area contributed by atoms with Gasteiger partial charge in [-0.2, -0.15) is 0 Å². The third-order valence-corrected chi connectivity index (χ3v) is 2.73. The van der Waals surface area contributed by atoms with Gasteiger partial charge >= 0.3 is 5.97 Å². The van der Waals surface area contributed by atoms with Crippen LogP contribution in [0.3, 0.4) is 0 Å². The number of rotatable bonds is 5. The molecule has 6 heteroatoms. The Kier molecular flexibility index (Phi) is 5.19. The van der Waals surface area contributed by atoms with Gasteiger partial charge in [0, 0.05) is 12.7 Å². The highest BCUT2D eigenvalue weighted by Crippen LogP contribution is 2.24. The maximum absolute atomic E-state index is 11.8. The molecular formula is C14H21N3O3. The van der Waals surface area contributed by atoms with Crippen LogP contribution in [0.1, 0.15) is 43.4 Å². The van der Waals surface area contributed by atoms with E-state index in [1.165, 1.54) is 12.4 Å². The second-order valence-corrected chi connectivity index (χ2v) is 6.05. The molecule has 0 saturated heterocycles. The normalized spacial score (nSPS) is 12.8. The van der Waals surface area contributed by atoms with Crippen LogP contribution in [0.5, 0.6) is 0 Å². The second-order valence-electron chi connectivity index (χ2n) is 6.05. The summed E-state index contributed by atoms with van der Waals surface area (Å²) in [5.74, 6) is -1.93. The molecule has 1 aromatic rings. The van der Waals surface area contributed by atoms with Crippen molar-refractivity contribution in [2.45, 2.75) is 34.1 Å². The Bertz CT molecular complexity index is 477. The Morgan fingerprint density at radius 3 is 2.40 bits per heavy atom.